The summed E-state index contributed by atoms with van der Waals surface area (Å²) < 4.78 is 47.0. The van der Waals surface area contributed by atoms with Crippen molar-refractivity contribution in [2.75, 3.05) is 6.54 Å². The normalized spacial score (nSPS) is 22.8. The Morgan fingerprint density at radius 2 is 2.09 bits per heavy atom. The average Bonchev–Trinajstić information content (AvgIpc) is 3.33. The van der Waals surface area contributed by atoms with Gasteiger partial charge in [0.25, 0.3) is 0 Å². The first-order valence-electron chi connectivity index (χ1n) is 11.2. The lowest BCUT2D eigenvalue weighted by atomic mass is 9.78. The molecule has 1 unspecified atom stereocenters. The third-order valence-corrected chi connectivity index (χ3v) is 6.78. The molecular formula is C25H23F3N4O2. The Hall–Kier alpha value is -3.54. The predicted octanol–water partition coefficient (Wildman–Crippen LogP) is 5.51. The Morgan fingerprint density at radius 3 is 2.88 bits per heavy atom. The Labute approximate surface area is 194 Å². The van der Waals surface area contributed by atoms with Gasteiger partial charge in [-0.3, -0.25) is 4.90 Å². The fourth-order valence-electron chi connectivity index (χ4n) is 5.27. The zero-order valence-corrected chi connectivity index (χ0v) is 18.4. The molecule has 5 rings (SSSR count). The number of benzene rings is 2. The number of nitriles is 1. The highest BCUT2D eigenvalue weighted by Gasteiger charge is 2.48. The Bertz CT molecular complexity index is 1280. The number of aromatic nitrogens is 2. The van der Waals surface area contributed by atoms with Gasteiger partial charge in [-0.1, -0.05) is 12.1 Å². The van der Waals surface area contributed by atoms with E-state index in [4.69, 9.17) is 4.74 Å². The second-order valence-electron chi connectivity index (χ2n) is 9.28. The van der Waals surface area contributed by atoms with Crippen molar-refractivity contribution in [1.82, 2.24) is 14.5 Å². The van der Waals surface area contributed by atoms with Gasteiger partial charge in [0.15, 0.2) is 0 Å². The van der Waals surface area contributed by atoms with Crippen molar-refractivity contribution in [3.05, 3.63) is 65.5 Å². The molecule has 2 atom stereocenters. The number of carbonyl (C=O) groups excluding carboxylic acids is 1. The maximum Gasteiger partial charge on any atom is 0.416 e. The van der Waals surface area contributed by atoms with Crippen LogP contribution >= 0.6 is 0 Å². The van der Waals surface area contributed by atoms with Crippen molar-refractivity contribution in [2.24, 2.45) is 5.92 Å². The molecule has 9 heteroatoms. The minimum absolute atomic E-state index is 0.0816. The SMILES string of the molecule is N#Cc1ccc2ncn(CC3CCC[C@]4(C3)CN(Cc3cccc(C(F)(F)F)c3)C(=O)O4)c2c1. The minimum atomic E-state index is -4.43. The van der Waals surface area contributed by atoms with Gasteiger partial charge in [0, 0.05) is 13.1 Å². The first-order chi connectivity index (χ1) is 16.2. The number of hydrogen-bond acceptors (Lipinski definition) is 4. The number of imidazole rings is 1. The smallest absolute Gasteiger partial charge is 0.416 e. The van der Waals surface area contributed by atoms with Gasteiger partial charge < -0.3 is 9.30 Å². The van der Waals surface area contributed by atoms with Crippen LogP contribution in [0.4, 0.5) is 18.0 Å². The number of ether oxygens (including phenoxy) is 1. The van der Waals surface area contributed by atoms with Crippen LogP contribution in [0.1, 0.15) is 42.4 Å². The van der Waals surface area contributed by atoms with Crippen molar-refractivity contribution in [2.45, 2.75) is 50.6 Å². The number of carbonyl (C=O) groups is 1. The summed E-state index contributed by atoms with van der Waals surface area (Å²) in [5, 5.41) is 9.21. The lowest BCUT2D eigenvalue weighted by Crippen LogP contribution is -2.40. The highest BCUT2D eigenvalue weighted by Crippen LogP contribution is 2.41. The molecule has 3 aromatic rings. The van der Waals surface area contributed by atoms with Crippen molar-refractivity contribution in [3.63, 3.8) is 0 Å². The van der Waals surface area contributed by atoms with Crippen LogP contribution in [-0.2, 0) is 24.0 Å². The molecule has 1 aliphatic heterocycles. The van der Waals surface area contributed by atoms with Gasteiger partial charge >= 0.3 is 12.3 Å². The van der Waals surface area contributed by atoms with Gasteiger partial charge in [-0.2, -0.15) is 18.4 Å². The van der Waals surface area contributed by atoms with Gasteiger partial charge in [0.2, 0.25) is 0 Å². The molecule has 1 saturated heterocycles. The van der Waals surface area contributed by atoms with Gasteiger partial charge in [-0.15, -0.1) is 0 Å². The third kappa shape index (κ3) is 4.32. The second kappa shape index (κ2) is 8.35. The quantitative estimate of drug-likeness (QED) is 0.506. The van der Waals surface area contributed by atoms with Crippen LogP contribution in [0.25, 0.3) is 11.0 Å². The molecule has 176 valence electrons. The number of amides is 1. The van der Waals surface area contributed by atoms with Crippen molar-refractivity contribution in [1.29, 1.82) is 5.26 Å². The number of alkyl halides is 3. The molecule has 34 heavy (non-hydrogen) atoms. The lowest BCUT2D eigenvalue weighted by Gasteiger charge is -2.36. The fourth-order valence-corrected chi connectivity index (χ4v) is 5.27. The number of fused-ring (bicyclic) bond motifs is 1. The molecule has 2 aromatic carbocycles. The second-order valence-corrected chi connectivity index (χ2v) is 9.28. The number of hydrogen-bond donors (Lipinski definition) is 0. The van der Waals surface area contributed by atoms with Crippen LogP contribution in [0.15, 0.2) is 48.8 Å². The highest BCUT2D eigenvalue weighted by molar-refractivity contribution is 5.77. The van der Waals surface area contributed by atoms with E-state index in [-0.39, 0.29) is 12.5 Å². The molecule has 1 saturated carbocycles. The summed E-state index contributed by atoms with van der Waals surface area (Å²) in [5.74, 6) is 0.248. The van der Waals surface area contributed by atoms with Crippen molar-refractivity contribution < 1.29 is 22.7 Å². The fraction of sp³-hybridized carbons (Fsp3) is 0.400. The third-order valence-electron chi connectivity index (χ3n) is 6.78. The van der Waals surface area contributed by atoms with Crippen LogP contribution in [0.2, 0.25) is 0 Å². The maximum atomic E-state index is 13.1. The lowest BCUT2D eigenvalue weighted by molar-refractivity contribution is -0.137. The summed E-state index contributed by atoms with van der Waals surface area (Å²) in [6.07, 6.45) is 0.145. The number of nitrogens with zero attached hydrogens (tertiary/aromatic N) is 4. The zero-order chi connectivity index (χ0) is 23.9. The minimum Gasteiger partial charge on any atom is -0.441 e. The maximum absolute atomic E-state index is 13.1. The van der Waals surface area contributed by atoms with Crippen LogP contribution in [-0.4, -0.2) is 32.7 Å². The van der Waals surface area contributed by atoms with E-state index < -0.39 is 23.4 Å². The average molecular weight is 468 g/mol. The van der Waals surface area contributed by atoms with Crippen LogP contribution in [0, 0.1) is 17.2 Å². The van der Waals surface area contributed by atoms with Gasteiger partial charge in [-0.05, 0) is 67.5 Å². The van der Waals surface area contributed by atoms with Gasteiger partial charge in [-0.25, -0.2) is 9.78 Å². The van der Waals surface area contributed by atoms with Crippen LogP contribution < -0.4 is 0 Å². The molecule has 0 N–H and O–H groups in total. The van der Waals surface area contributed by atoms with Crippen LogP contribution in [0.5, 0.6) is 0 Å². The van der Waals surface area contributed by atoms with Crippen molar-refractivity contribution in [3.8, 4) is 6.07 Å². The van der Waals surface area contributed by atoms with E-state index in [0.717, 1.165) is 42.4 Å². The van der Waals surface area contributed by atoms with E-state index >= 15 is 0 Å². The molecule has 2 heterocycles. The summed E-state index contributed by atoms with van der Waals surface area (Å²) in [7, 11) is 0. The van der Waals surface area contributed by atoms with E-state index in [1.165, 1.54) is 11.0 Å². The molecule has 2 fully saturated rings. The summed E-state index contributed by atoms with van der Waals surface area (Å²) in [5.41, 5.74) is 1.36. The van der Waals surface area contributed by atoms with Crippen LogP contribution in [0.3, 0.4) is 0 Å². The molecule has 1 aliphatic carbocycles. The Balaban J connectivity index is 1.29. The van der Waals surface area contributed by atoms with E-state index in [0.29, 0.717) is 30.6 Å². The first-order valence-corrected chi connectivity index (χ1v) is 11.2. The molecule has 0 radical (unpaired) electrons. The molecule has 2 aliphatic rings. The standard InChI is InChI=1S/C25H23F3N4O2/c26-25(27,28)20-5-1-3-18(9-20)13-31-15-24(34-23(31)33)8-2-4-19(11-24)14-32-16-30-21-7-6-17(12-29)10-22(21)32/h1,3,5-7,9-10,16,19H,2,4,8,11,13-15H2/t19?,24-/m0/s1. The molecular weight excluding hydrogens is 445 g/mol. The predicted molar refractivity (Wildman–Crippen MR) is 117 cm³/mol. The number of rotatable bonds is 4. The van der Waals surface area contributed by atoms with E-state index in [9.17, 15) is 23.2 Å². The molecule has 6 nitrogen and oxygen atoms in total. The summed E-state index contributed by atoms with van der Waals surface area (Å²) in [6, 6.07) is 12.6. The summed E-state index contributed by atoms with van der Waals surface area (Å²) >= 11 is 0. The molecule has 1 aromatic heterocycles. The Kier molecular flexibility index (Phi) is 5.47. The first kappa shape index (κ1) is 22.3. The summed E-state index contributed by atoms with van der Waals surface area (Å²) in [4.78, 5) is 18.6. The highest BCUT2D eigenvalue weighted by atomic mass is 19.4. The monoisotopic (exact) mass is 468 g/mol. The number of halogens is 3. The van der Waals surface area contributed by atoms with E-state index in [1.807, 2.05) is 16.7 Å². The van der Waals surface area contributed by atoms with E-state index in [2.05, 4.69) is 11.1 Å². The Morgan fingerprint density at radius 1 is 1.24 bits per heavy atom. The summed E-state index contributed by atoms with van der Waals surface area (Å²) in [6.45, 7) is 1.14. The zero-order valence-electron chi connectivity index (χ0n) is 18.4. The largest absolute Gasteiger partial charge is 0.441 e. The topological polar surface area (TPSA) is 71.2 Å². The van der Waals surface area contributed by atoms with Crippen molar-refractivity contribution >= 4 is 17.1 Å². The van der Waals surface area contributed by atoms with Gasteiger partial charge in [0.05, 0.1) is 41.1 Å². The molecule has 0 bridgehead atoms. The molecule has 1 amide bonds. The van der Waals surface area contributed by atoms with E-state index in [1.54, 1.807) is 18.5 Å². The van der Waals surface area contributed by atoms with Gasteiger partial charge in [0.1, 0.15) is 5.60 Å². The molecule has 1 spiro atoms.